The molecule has 1 atom stereocenters. The molecule has 0 spiro atoms. The predicted molar refractivity (Wildman–Crippen MR) is 79.5 cm³/mol. The summed E-state index contributed by atoms with van der Waals surface area (Å²) in [5.74, 6) is 0.688. The van der Waals surface area contributed by atoms with Crippen molar-refractivity contribution in [2.45, 2.75) is 65.3 Å². The van der Waals surface area contributed by atoms with Crippen molar-refractivity contribution in [3.8, 4) is 5.75 Å². The summed E-state index contributed by atoms with van der Waals surface area (Å²) in [6.45, 7) is 11.8. The maximum Gasteiger partial charge on any atom is 0.163 e. The van der Waals surface area contributed by atoms with Crippen LogP contribution in [0.15, 0.2) is 18.2 Å². The molecular weight excluding hydrogens is 252 g/mol. The van der Waals surface area contributed by atoms with E-state index >= 15 is 0 Å². The number of Topliss-reactive ketones (excluding diaryl/α,β-unsaturated/α-hetero) is 1. The van der Waals surface area contributed by atoms with E-state index in [4.69, 9.17) is 9.47 Å². The van der Waals surface area contributed by atoms with E-state index in [2.05, 4.69) is 13.8 Å². The smallest absolute Gasteiger partial charge is 0.163 e. The molecular formula is C17H24O3. The molecule has 1 aromatic rings. The Labute approximate surface area is 121 Å². The molecule has 0 radical (unpaired) electrons. The number of benzene rings is 1. The second kappa shape index (κ2) is 4.88. The fourth-order valence-corrected chi connectivity index (χ4v) is 2.87. The van der Waals surface area contributed by atoms with Gasteiger partial charge in [-0.3, -0.25) is 4.79 Å². The summed E-state index contributed by atoms with van der Waals surface area (Å²) < 4.78 is 12.2. The van der Waals surface area contributed by atoms with Gasteiger partial charge in [0.25, 0.3) is 0 Å². The van der Waals surface area contributed by atoms with E-state index in [1.807, 2.05) is 39.0 Å². The molecule has 1 aliphatic heterocycles. The van der Waals surface area contributed by atoms with Crippen LogP contribution in [-0.2, 0) is 4.74 Å². The Morgan fingerprint density at radius 1 is 1.30 bits per heavy atom. The molecule has 0 aromatic heterocycles. The van der Waals surface area contributed by atoms with Gasteiger partial charge in [0.1, 0.15) is 17.5 Å². The standard InChI is InChI=1S/C17H24O3/c1-11-7-8-13(12(2)18)14(9-11)19-15-10-16(3,4)20-17(15,5)6/h7-9,15H,10H2,1-6H3. The molecule has 3 nitrogen and oxygen atoms in total. The lowest BCUT2D eigenvalue weighted by molar-refractivity contribution is -0.0846. The Bertz CT molecular complexity index is 529. The molecule has 1 aliphatic rings. The first-order chi connectivity index (χ1) is 9.11. The molecule has 1 saturated heterocycles. The molecule has 1 unspecified atom stereocenters. The molecule has 110 valence electrons. The van der Waals surface area contributed by atoms with Crippen molar-refractivity contribution in [1.82, 2.24) is 0 Å². The molecule has 1 heterocycles. The van der Waals surface area contributed by atoms with E-state index in [1.165, 1.54) is 0 Å². The van der Waals surface area contributed by atoms with E-state index in [9.17, 15) is 4.79 Å². The number of ether oxygens (including phenoxy) is 2. The number of ketones is 1. The predicted octanol–water partition coefficient (Wildman–Crippen LogP) is 3.92. The van der Waals surface area contributed by atoms with Crippen LogP contribution >= 0.6 is 0 Å². The van der Waals surface area contributed by atoms with Crippen molar-refractivity contribution in [3.05, 3.63) is 29.3 Å². The lowest BCUT2D eigenvalue weighted by Crippen LogP contribution is -2.37. The van der Waals surface area contributed by atoms with E-state index in [1.54, 1.807) is 6.92 Å². The SMILES string of the molecule is CC(=O)c1ccc(C)cc1OC1CC(C)(C)OC1(C)C. The van der Waals surface area contributed by atoms with Gasteiger partial charge in [0.05, 0.1) is 11.2 Å². The molecule has 3 heteroatoms. The van der Waals surface area contributed by atoms with Gasteiger partial charge in [-0.15, -0.1) is 0 Å². The lowest BCUT2D eigenvalue weighted by Gasteiger charge is -2.28. The molecule has 0 N–H and O–H groups in total. The molecule has 20 heavy (non-hydrogen) atoms. The van der Waals surface area contributed by atoms with Crippen molar-refractivity contribution >= 4 is 5.78 Å². The van der Waals surface area contributed by atoms with E-state index in [-0.39, 0.29) is 23.1 Å². The molecule has 0 aliphatic carbocycles. The van der Waals surface area contributed by atoms with Crippen molar-refractivity contribution in [2.24, 2.45) is 0 Å². The van der Waals surface area contributed by atoms with E-state index in [0.717, 1.165) is 12.0 Å². The third kappa shape index (κ3) is 3.04. The highest BCUT2D eigenvalue weighted by molar-refractivity contribution is 5.96. The Kier molecular flexibility index (Phi) is 3.67. The van der Waals surface area contributed by atoms with E-state index < -0.39 is 0 Å². The Balaban J connectivity index is 2.30. The highest BCUT2D eigenvalue weighted by atomic mass is 16.6. The lowest BCUT2D eigenvalue weighted by atomic mass is 9.97. The summed E-state index contributed by atoms with van der Waals surface area (Å²) in [6.07, 6.45) is 0.753. The first-order valence-electron chi connectivity index (χ1n) is 7.09. The van der Waals surface area contributed by atoms with Crippen molar-refractivity contribution < 1.29 is 14.3 Å². The number of carbonyl (C=O) groups is 1. The number of hydrogen-bond acceptors (Lipinski definition) is 3. The number of carbonyl (C=O) groups excluding carboxylic acids is 1. The fraction of sp³-hybridized carbons (Fsp3) is 0.588. The first-order valence-corrected chi connectivity index (χ1v) is 7.09. The highest BCUT2D eigenvalue weighted by Gasteiger charge is 2.47. The summed E-state index contributed by atoms with van der Waals surface area (Å²) in [7, 11) is 0. The Hall–Kier alpha value is -1.35. The van der Waals surface area contributed by atoms with Crippen LogP contribution in [0.4, 0.5) is 0 Å². The molecule has 1 aromatic carbocycles. The zero-order chi connectivity index (χ0) is 15.1. The van der Waals surface area contributed by atoms with Crippen LogP contribution in [0.2, 0.25) is 0 Å². The number of hydrogen-bond donors (Lipinski definition) is 0. The second-order valence-electron chi connectivity index (χ2n) is 6.83. The zero-order valence-electron chi connectivity index (χ0n) is 13.2. The second-order valence-corrected chi connectivity index (χ2v) is 6.83. The largest absolute Gasteiger partial charge is 0.487 e. The van der Waals surface area contributed by atoms with Gasteiger partial charge in [0, 0.05) is 6.42 Å². The average molecular weight is 276 g/mol. The molecule has 0 bridgehead atoms. The summed E-state index contributed by atoms with van der Waals surface area (Å²) in [5, 5.41) is 0. The van der Waals surface area contributed by atoms with Crippen LogP contribution in [0.5, 0.6) is 5.75 Å². The third-order valence-corrected chi connectivity index (χ3v) is 3.78. The maximum absolute atomic E-state index is 11.7. The van der Waals surface area contributed by atoms with Gasteiger partial charge in [-0.1, -0.05) is 6.07 Å². The molecule has 0 saturated carbocycles. The summed E-state index contributed by atoms with van der Waals surface area (Å²) in [5.41, 5.74) is 1.16. The minimum absolute atomic E-state index is 0.0241. The topological polar surface area (TPSA) is 35.5 Å². The monoisotopic (exact) mass is 276 g/mol. The third-order valence-electron chi connectivity index (χ3n) is 3.78. The van der Waals surface area contributed by atoms with Crippen LogP contribution in [0.3, 0.4) is 0 Å². The quantitative estimate of drug-likeness (QED) is 0.785. The number of rotatable bonds is 3. The number of aryl methyl sites for hydroxylation is 1. The van der Waals surface area contributed by atoms with Crippen molar-refractivity contribution in [1.29, 1.82) is 0 Å². The maximum atomic E-state index is 11.7. The van der Waals surface area contributed by atoms with Gasteiger partial charge in [-0.25, -0.2) is 0 Å². The summed E-state index contributed by atoms with van der Waals surface area (Å²) >= 11 is 0. The molecule has 1 fully saturated rings. The average Bonchev–Trinajstić information content (AvgIpc) is 2.46. The van der Waals surface area contributed by atoms with Gasteiger partial charge < -0.3 is 9.47 Å². The van der Waals surface area contributed by atoms with Crippen LogP contribution in [0.25, 0.3) is 0 Å². The normalized spacial score (nSPS) is 23.6. The Morgan fingerprint density at radius 3 is 2.45 bits per heavy atom. The van der Waals surface area contributed by atoms with Crippen LogP contribution in [0.1, 0.15) is 57.0 Å². The highest BCUT2D eigenvalue weighted by Crippen LogP contribution is 2.40. The van der Waals surface area contributed by atoms with Gasteiger partial charge in [-0.05, 0) is 59.2 Å². The summed E-state index contributed by atoms with van der Waals surface area (Å²) in [6, 6.07) is 5.70. The van der Waals surface area contributed by atoms with Gasteiger partial charge in [0.15, 0.2) is 5.78 Å². The summed E-state index contributed by atoms with van der Waals surface area (Å²) in [4.78, 5) is 11.7. The minimum atomic E-state index is -0.360. The molecule has 2 rings (SSSR count). The van der Waals surface area contributed by atoms with Crippen LogP contribution < -0.4 is 4.74 Å². The molecule has 0 amide bonds. The van der Waals surface area contributed by atoms with Gasteiger partial charge in [-0.2, -0.15) is 0 Å². The van der Waals surface area contributed by atoms with Gasteiger partial charge in [0.2, 0.25) is 0 Å². The Morgan fingerprint density at radius 2 is 1.95 bits per heavy atom. The van der Waals surface area contributed by atoms with Crippen LogP contribution in [0, 0.1) is 6.92 Å². The minimum Gasteiger partial charge on any atom is -0.487 e. The van der Waals surface area contributed by atoms with Crippen molar-refractivity contribution in [3.63, 3.8) is 0 Å². The van der Waals surface area contributed by atoms with E-state index in [0.29, 0.717) is 11.3 Å². The van der Waals surface area contributed by atoms with Crippen molar-refractivity contribution in [2.75, 3.05) is 0 Å². The van der Waals surface area contributed by atoms with Gasteiger partial charge >= 0.3 is 0 Å². The van der Waals surface area contributed by atoms with Crippen LogP contribution in [-0.4, -0.2) is 23.1 Å². The first kappa shape index (κ1) is 15.0. The fourth-order valence-electron chi connectivity index (χ4n) is 2.87. The zero-order valence-corrected chi connectivity index (χ0v) is 13.2.